The molecule has 0 aromatic heterocycles. The molecule has 2 rings (SSSR count). The highest BCUT2D eigenvalue weighted by atomic mass is 32.2. The first-order valence-electron chi connectivity index (χ1n) is 6.84. The van der Waals surface area contributed by atoms with Gasteiger partial charge in [0.2, 0.25) is 15.9 Å². The van der Waals surface area contributed by atoms with E-state index in [0.29, 0.717) is 6.07 Å². The van der Waals surface area contributed by atoms with Gasteiger partial charge in [0, 0.05) is 24.7 Å². The molecule has 1 saturated carbocycles. The fourth-order valence-corrected chi connectivity index (χ4v) is 2.73. The zero-order chi connectivity index (χ0) is 17.3. The molecule has 1 aromatic rings. The molecule has 1 amide bonds. The third-order valence-corrected chi connectivity index (χ3v) is 4.26. The van der Waals surface area contributed by atoms with Crippen molar-refractivity contribution in [3.8, 4) is 0 Å². The van der Waals surface area contributed by atoms with Crippen molar-refractivity contribution in [1.29, 1.82) is 0 Å². The summed E-state index contributed by atoms with van der Waals surface area (Å²) in [5.41, 5.74) is -1.24. The highest BCUT2D eigenvalue weighted by Gasteiger charge is 2.36. The van der Waals surface area contributed by atoms with Gasteiger partial charge in [-0.25, -0.2) is 13.6 Å². The number of amides is 1. The standard InChI is InChI=1S/C13H16F3N3O3S/c14-13(15,16)10-7-9(3-4-11(10)23(17,21)22)18-5-6-19-12(20)8-1-2-8/h3-4,7-8,18H,1-2,5-6H2,(H,19,20)(H2,17,21,22). The number of nitrogens with two attached hydrogens (primary N) is 1. The zero-order valence-electron chi connectivity index (χ0n) is 12.0. The molecule has 6 nitrogen and oxygen atoms in total. The molecule has 0 unspecified atom stereocenters. The van der Waals surface area contributed by atoms with Gasteiger partial charge in [0.25, 0.3) is 0 Å². The lowest BCUT2D eigenvalue weighted by molar-refractivity contribution is -0.139. The van der Waals surface area contributed by atoms with Crippen LogP contribution >= 0.6 is 0 Å². The summed E-state index contributed by atoms with van der Waals surface area (Å²) >= 11 is 0. The molecule has 1 aliphatic rings. The first-order valence-corrected chi connectivity index (χ1v) is 8.39. The fourth-order valence-electron chi connectivity index (χ4n) is 1.99. The molecule has 0 saturated heterocycles. The monoisotopic (exact) mass is 351 g/mol. The van der Waals surface area contributed by atoms with E-state index in [2.05, 4.69) is 10.6 Å². The van der Waals surface area contributed by atoms with Crippen LogP contribution in [0.25, 0.3) is 0 Å². The molecule has 0 atom stereocenters. The number of nitrogens with one attached hydrogen (secondary N) is 2. The number of hydrogen-bond acceptors (Lipinski definition) is 4. The maximum Gasteiger partial charge on any atom is 0.417 e. The third kappa shape index (κ3) is 4.83. The minimum atomic E-state index is -4.85. The molecule has 23 heavy (non-hydrogen) atoms. The molecular weight excluding hydrogens is 335 g/mol. The molecule has 0 spiro atoms. The van der Waals surface area contributed by atoms with Gasteiger partial charge in [0.05, 0.1) is 10.5 Å². The number of carbonyl (C=O) groups is 1. The number of sulfonamides is 1. The Morgan fingerprint density at radius 1 is 1.26 bits per heavy atom. The van der Waals surface area contributed by atoms with Gasteiger partial charge in [0.1, 0.15) is 0 Å². The molecule has 0 radical (unpaired) electrons. The zero-order valence-corrected chi connectivity index (χ0v) is 12.8. The maximum absolute atomic E-state index is 12.9. The first kappa shape index (κ1) is 17.5. The van der Waals surface area contributed by atoms with E-state index < -0.39 is 26.7 Å². The van der Waals surface area contributed by atoms with Crippen molar-refractivity contribution >= 4 is 21.6 Å². The SMILES string of the molecule is NS(=O)(=O)c1ccc(NCCNC(=O)C2CC2)cc1C(F)(F)F. The quantitative estimate of drug-likeness (QED) is 0.672. The van der Waals surface area contributed by atoms with Gasteiger partial charge < -0.3 is 10.6 Å². The average molecular weight is 351 g/mol. The molecular formula is C13H16F3N3O3S. The number of hydrogen-bond donors (Lipinski definition) is 3. The largest absolute Gasteiger partial charge is 0.417 e. The molecule has 1 aliphatic carbocycles. The topological polar surface area (TPSA) is 101 Å². The Kier molecular flexibility index (Phi) is 4.85. The van der Waals surface area contributed by atoms with Crippen LogP contribution in [0.3, 0.4) is 0 Å². The van der Waals surface area contributed by atoms with Crippen LogP contribution in [0.4, 0.5) is 18.9 Å². The summed E-state index contributed by atoms with van der Waals surface area (Å²) in [6.07, 6.45) is -3.12. The Balaban J connectivity index is 2.03. The predicted molar refractivity (Wildman–Crippen MR) is 77.0 cm³/mol. The highest BCUT2D eigenvalue weighted by molar-refractivity contribution is 7.89. The highest BCUT2D eigenvalue weighted by Crippen LogP contribution is 2.35. The van der Waals surface area contributed by atoms with Gasteiger partial charge in [0.15, 0.2) is 0 Å². The molecule has 0 heterocycles. The smallest absolute Gasteiger partial charge is 0.383 e. The second-order valence-electron chi connectivity index (χ2n) is 5.25. The Morgan fingerprint density at radius 3 is 2.43 bits per heavy atom. The molecule has 1 fully saturated rings. The lowest BCUT2D eigenvalue weighted by atomic mass is 10.2. The van der Waals surface area contributed by atoms with Gasteiger partial charge in [-0.2, -0.15) is 13.2 Å². The van der Waals surface area contributed by atoms with Crippen LogP contribution in [-0.4, -0.2) is 27.4 Å². The van der Waals surface area contributed by atoms with Crippen molar-refractivity contribution in [3.63, 3.8) is 0 Å². The van der Waals surface area contributed by atoms with E-state index in [9.17, 15) is 26.4 Å². The molecule has 0 aliphatic heterocycles. The summed E-state index contributed by atoms with van der Waals surface area (Å²) in [6, 6.07) is 2.68. The van der Waals surface area contributed by atoms with E-state index in [1.807, 2.05) is 0 Å². The lowest BCUT2D eigenvalue weighted by Crippen LogP contribution is -2.29. The molecule has 1 aromatic carbocycles. The average Bonchev–Trinajstić information content (AvgIpc) is 3.25. The van der Waals surface area contributed by atoms with Crippen LogP contribution in [0.5, 0.6) is 0 Å². The van der Waals surface area contributed by atoms with Crippen LogP contribution in [0, 0.1) is 5.92 Å². The summed E-state index contributed by atoms with van der Waals surface area (Å²) in [5.74, 6) is -0.00627. The van der Waals surface area contributed by atoms with E-state index in [1.165, 1.54) is 6.07 Å². The van der Waals surface area contributed by atoms with E-state index in [4.69, 9.17) is 5.14 Å². The van der Waals surface area contributed by atoms with E-state index in [1.54, 1.807) is 0 Å². The van der Waals surface area contributed by atoms with E-state index in [0.717, 1.165) is 18.9 Å². The Bertz CT molecular complexity index is 700. The molecule has 4 N–H and O–H groups in total. The van der Waals surface area contributed by atoms with Crippen molar-refractivity contribution in [3.05, 3.63) is 23.8 Å². The number of carbonyl (C=O) groups excluding carboxylic acids is 1. The van der Waals surface area contributed by atoms with Crippen LogP contribution < -0.4 is 15.8 Å². The number of rotatable bonds is 6. The maximum atomic E-state index is 12.9. The molecule has 128 valence electrons. The van der Waals surface area contributed by atoms with Gasteiger partial charge in [-0.3, -0.25) is 4.79 Å². The summed E-state index contributed by atoms with van der Waals surface area (Å²) in [6.45, 7) is 0.470. The van der Waals surface area contributed by atoms with Crippen LogP contribution in [0.2, 0.25) is 0 Å². The Labute approximate surface area is 131 Å². The summed E-state index contributed by atoms with van der Waals surface area (Å²) < 4.78 is 61.3. The van der Waals surface area contributed by atoms with Gasteiger partial charge in [-0.1, -0.05) is 0 Å². The number of primary sulfonamides is 1. The minimum absolute atomic E-state index is 0.0564. The van der Waals surface area contributed by atoms with E-state index in [-0.39, 0.29) is 30.6 Å². The van der Waals surface area contributed by atoms with Crippen LogP contribution in [0.15, 0.2) is 23.1 Å². The number of halogens is 3. The fraction of sp³-hybridized carbons (Fsp3) is 0.462. The number of alkyl halides is 3. The summed E-state index contributed by atoms with van der Waals surface area (Å²) in [7, 11) is -4.48. The molecule has 0 bridgehead atoms. The predicted octanol–water partition coefficient (Wildman–Crippen LogP) is 1.29. The van der Waals surface area contributed by atoms with Crippen molar-refractivity contribution in [1.82, 2.24) is 5.32 Å². The van der Waals surface area contributed by atoms with Gasteiger partial charge in [-0.05, 0) is 31.0 Å². The number of anilines is 1. The summed E-state index contributed by atoms with van der Waals surface area (Å²) in [5, 5.41) is 10.2. The normalized spacial score (nSPS) is 15.3. The number of benzene rings is 1. The van der Waals surface area contributed by atoms with Crippen molar-refractivity contribution in [2.24, 2.45) is 11.1 Å². The lowest BCUT2D eigenvalue weighted by Gasteiger charge is -2.14. The van der Waals surface area contributed by atoms with Crippen molar-refractivity contribution < 1.29 is 26.4 Å². The Morgan fingerprint density at radius 2 is 1.91 bits per heavy atom. The minimum Gasteiger partial charge on any atom is -0.383 e. The van der Waals surface area contributed by atoms with Crippen molar-refractivity contribution in [2.75, 3.05) is 18.4 Å². The van der Waals surface area contributed by atoms with Gasteiger partial charge >= 0.3 is 6.18 Å². The third-order valence-electron chi connectivity index (χ3n) is 3.29. The second kappa shape index (κ2) is 6.36. The summed E-state index contributed by atoms with van der Waals surface area (Å²) in [4.78, 5) is 10.4. The first-order chi connectivity index (χ1) is 10.6. The van der Waals surface area contributed by atoms with Crippen LogP contribution in [-0.2, 0) is 21.0 Å². The Hall–Kier alpha value is -1.81. The van der Waals surface area contributed by atoms with E-state index >= 15 is 0 Å². The van der Waals surface area contributed by atoms with Crippen LogP contribution in [0.1, 0.15) is 18.4 Å². The molecule has 10 heteroatoms. The second-order valence-corrected chi connectivity index (χ2v) is 6.78. The van der Waals surface area contributed by atoms with Crippen molar-refractivity contribution in [2.45, 2.75) is 23.9 Å². The van der Waals surface area contributed by atoms with Gasteiger partial charge in [-0.15, -0.1) is 0 Å².